The summed E-state index contributed by atoms with van der Waals surface area (Å²) >= 11 is 1.11. The van der Waals surface area contributed by atoms with Gasteiger partial charge < -0.3 is 11.1 Å². The van der Waals surface area contributed by atoms with Crippen LogP contribution in [0.3, 0.4) is 0 Å². The Bertz CT molecular complexity index is 712. The summed E-state index contributed by atoms with van der Waals surface area (Å²) in [5, 5.41) is 6.80. The van der Waals surface area contributed by atoms with Gasteiger partial charge in [-0.3, -0.25) is 4.79 Å². The van der Waals surface area contributed by atoms with Crippen LogP contribution in [-0.4, -0.2) is 22.0 Å². The maximum Gasteiger partial charge on any atom is 0.269 e. The number of anilines is 1. The molecule has 0 aliphatic rings. The van der Waals surface area contributed by atoms with Crippen molar-refractivity contribution in [3.8, 4) is 11.8 Å². The van der Waals surface area contributed by atoms with Crippen molar-refractivity contribution in [2.45, 2.75) is 20.3 Å². The van der Waals surface area contributed by atoms with E-state index in [4.69, 9.17) is 5.73 Å². The average Bonchev–Trinajstić information content (AvgIpc) is 2.95. The number of hydrogen-bond acceptors (Lipinski definition) is 5. The van der Waals surface area contributed by atoms with Gasteiger partial charge in [0, 0.05) is 11.3 Å². The van der Waals surface area contributed by atoms with Crippen molar-refractivity contribution in [2.75, 3.05) is 11.9 Å². The standard InChI is InChI=1S/C15H16N4OS/c1-3-13-14(21-19-18-13)15(20)17-12-7-6-11(5-4-8-16)10(2)9-12/h6-7,9H,3,8,16H2,1-2H3,(H,17,20). The molecule has 0 fully saturated rings. The molecule has 1 heterocycles. The first-order valence-electron chi connectivity index (χ1n) is 6.57. The lowest BCUT2D eigenvalue weighted by Gasteiger charge is -2.06. The number of benzene rings is 1. The highest BCUT2D eigenvalue weighted by Crippen LogP contribution is 2.17. The number of nitrogens with two attached hydrogens (primary N) is 1. The van der Waals surface area contributed by atoms with Crippen LogP contribution in [0.5, 0.6) is 0 Å². The molecule has 6 heteroatoms. The van der Waals surface area contributed by atoms with Gasteiger partial charge in [0.15, 0.2) is 0 Å². The third kappa shape index (κ3) is 3.66. The zero-order valence-corrected chi connectivity index (χ0v) is 12.8. The van der Waals surface area contributed by atoms with E-state index in [0.717, 1.165) is 34.0 Å². The highest BCUT2D eigenvalue weighted by molar-refractivity contribution is 7.08. The van der Waals surface area contributed by atoms with Crippen molar-refractivity contribution in [2.24, 2.45) is 5.73 Å². The SMILES string of the molecule is CCc1nnsc1C(=O)Nc1ccc(C#CCN)c(C)c1. The molecule has 0 spiro atoms. The molecule has 21 heavy (non-hydrogen) atoms. The monoisotopic (exact) mass is 300 g/mol. The van der Waals surface area contributed by atoms with Crippen molar-refractivity contribution < 1.29 is 4.79 Å². The van der Waals surface area contributed by atoms with E-state index >= 15 is 0 Å². The second kappa shape index (κ2) is 6.97. The lowest BCUT2D eigenvalue weighted by atomic mass is 10.1. The van der Waals surface area contributed by atoms with E-state index in [-0.39, 0.29) is 5.91 Å². The summed E-state index contributed by atoms with van der Waals surface area (Å²) in [6.07, 6.45) is 0.686. The normalized spacial score (nSPS) is 9.86. The van der Waals surface area contributed by atoms with E-state index in [2.05, 4.69) is 26.7 Å². The van der Waals surface area contributed by atoms with Crippen molar-refractivity contribution >= 4 is 23.1 Å². The molecule has 0 aliphatic heterocycles. The second-order valence-electron chi connectivity index (χ2n) is 4.39. The van der Waals surface area contributed by atoms with Crippen molar-refractivity contribution in [1.29, 1.82) is 0 Å². The maximum absolute atomic E-state index is 12.2. The molecule has 0 bridgehead atoms. The Labute approximate surface area is 127 Å². The number of rotatable bonds is 3. The summed E-state index contributed by atoms with van der Waals surface area (Å²) in [5.74, 6) is 5.63. The van der Waals surface area contributed by atoms with Gasteiger partial charge in [-0.1, -0.05) is 23.3 Å². The molecule has 0 radical (unpaired) electrons. The Kier molecular flexibility index (Phi) is 5.04. The molecule has 108 valence electrons. The van der Waals surface area contributed by atoms with Crippen LogP contribution in [0.15, 0.2) is 18.2 Å². The Morgan fingerprint density at radius 3 is 2.95 bits per heavy atom. The van der Waals surface area contributed by atoms with E-state index in [1.54, 1.807) is 0 Å². The van der Waals surface area contributed by atoms with E-state index in [0.29, 0.717) is 17.8 Å². The molecule has 0 saturated carbocycles. The van der Waals surface area contributed by atoms with Crippen LogP contribution in [0.4, 0.5) is 5.69 Å². The maximum atomic E-state index is 12.2. The smallest absolute Gasteiger partial charge is 0.269 e. The zero-order chi connectivity index (χ0) is 15.2. The summed E-state index contributed by atoms with van der Waals surface area (Å²) < 4.78 is 3.82. The number of aryl methyl sites for hydroxylation is 2. The molecule has 5 nitrogen and oxygen atoms in total. The number of hydrogen-bond donors (Lipinski definition) is 2. The molecule has 0 saturated heterocycles. The first kappa shape index (κ1) is 15.2. The largest absolute Gasteiger partial charge is 0.321 e. The first-order valence-corrected chi connectivity index (χ1v) is 7.35. The van der Waals surface area contributed by atoms with E-state index in [1.807, 2.05) is 32.0 Å². The Morgan fingerprint density at radius 2 is 2.29 bits per heavy atom. The van der Waals surface area contributed by atoms with Crippen LogP contribution in [0.25, 0.3) is 0 Å². The van der Waals surface area contributed by atoms with Gasteiger partial charge in [0.2, 0.25) is 0 Å². The predicted octanol–water partition coefficient (Wildman–Crippen LogP) is 1.97. The fourth-order valence-corrected chi connectivity index (χ4v) is 2.47. The van der Waals surface area contributed by atoms with Gasteiger partial charge in [-0.25, -0.2) is 0 Å². The molecular formula is C15H16N4OS. The van der Waals surface area contributed by atoms with Gasteiger partial charge in [-0.2, -0.15) is 0 Å². The molecule has 1 aromatic heterocycles. The van der Waals surface area contributed by atoms with Crippen molar-refractivity contribution in [3.05, 3.63) is 39.9 Å². The minimum atomic E-state index is -0.179. The lowest BCUT2D eigenvalue weighted by molar-refractivity contribution is 0.102. The van der Waals surface area contributed by atoms with Crippen molar-refractivity contribution in [1.82, 2.24) is 9.59 Å². The zero-order valence-electron chi connectivity index (χ0n) is 11.9. The van der Waals surface area contributed by atoms with Crippen LogP contribution < -0.4 is 11.1 Å². The highest BCUT2D eigenvalue weighted by atomic mass is 32.1. The fourth-order valence-electron chi connectivity index (χ4n) is 1.83. The molecule has 3 N–H and O–H groups in total. The first-order chi connectivity index (χ1) is 10.2. The van der Waals surface area contributed by atoms with Gasteiger partial charge in [0.05, 0.1) is 12.2 Å². The van der Waals surface area contributed by atoms with Gasteiger partial charge in [0.1, 0.15) is 4.88 Å². The molecule has 0 unspecified atom stereocenters. The van der Waals surface area contributed by atoms with Gasteiger partial charge in [-0.15, -0.1) is 5.10 Å². The van der Waals surface area contributed by atoms with Gasteiger partial charge in [0.25, 0.3) is 5.91 Å². The predicted molar refractivity (Wildman–Crippen MR) is 84.4 cm³/mol. The second-order valence-corrected chi connectivity index (χ2v) is 5.15. The molecule has 0 aliphatic carbocycles. The number of aromatic nitrogens is 2. The Morgan fingerprint density at radius 1 is 1.48 bits per heavy atom. The summed E-state index contributed by atoms with van der Waals surface area (Å²) in [5.41, 5.74) is 8.71. The number of carbonyl (C=O) groups excluding carboxylic acids is 1. The summed E-state index contributed by atoms with van der Waals surface area (Å²) in [4.78, 5) is 12.8. The number of nitrogens with zero attached hydrogens (tertiary/aromatic N) is 2. The van der Waals surface area contributed by atoms with E-state index in [9.17, 15) is 4.79 Å². The topological polar surface area (TPSA) is 80.9 Å². The van der Waals surface area contributed by atoms with Gasteiger partial charge in [-0.05, 0) is 48.6 Å². The molecular weight excluding hydrogens is 284 g/mol. The molecule has 2 rings (SSSR count). The minimum Gasteiger partial charge on any atom is -0.321 e. The molecule has 2 aromatic rings. The van der Waals surface area contributed by atoms with E-state index in [1.165, 1.54) is 0 Å². The van der Waals surface area contributed by atoms with Crippen molar-refractivity contribution in [3.63, 3.8) is 0 Å². The third-order valence-electron chi connectivity index (χ3n) is 2.91. The fraction of sp³-hybridized carbons (Fsp3) is 0.267. The highest BCUT2D eigenvalue weighted by Gasteiger charge is 2.15. The minimum absolute atomic E-state index is 0.179. The number of nitrogens with one attached hydrogen (secondary N) is 1. The molecule has 0 atom stereocenters. The molecule has 1 amide bonds. The quantitative estimate of drug-likeness (QED) is 0.849. The summed E-state index contributed by atoms with van der Waals surface area (Å²) in [6, 6.07) is 5.59. The van der Waals surface area contributed by atoms with Gasteiger partial charge >= 0.3 is 0 Å². The van der Waals surface area contributed by atoms with Crippen LogP contribution >= 0.6 is 11.5 Å². The Balaban J connectivity index is 2.17. The Hall–Kier alpha value is -2.23. The average molecular weight is 300 g/mol. The molecule has 1 aromatic carbocycles. The van der Waals surface area contributed by atoms with Crippen LogP contribution in [0.1, 0.15) is 33.4 Å². The van der Waals surface area contributed by atoms with Crippen LogP contribution in [-0.2, 0) is 6.42 Å². The lowest BCUT2D eigenvalue weighted by Crippen LogP contribution is -2.12. The number of carbonyl (C=O) groups is 1. The summed E-state index contributed by atoms with van der Waals surface area (Å²) in [7, 11) is 0. The van der Waals surface area contributed by atoms with E-state index < -0.39 is 0 Å². The number of amides is 1. The van der Waals surface area contributed by atoms with Crippen LogP contribution in [0, 0.1) is 18.8 Å². The van der Waals surface area contributed by atoms with Crippen LogP contribution in [0.2, 0.25) is 0 Å². The summed E-state index contributed by atoms with van der Waals surface area (Å²) in [6.45, 7) is 4.22. The third-order valence-corrected chi connectivity index (χ3v) is 3.67.